The first-order valence-electron chi connectivity index (χ1n) is 7.71. The van der Waals surface area contributed by atoms with Gasteiger partial charge in [0.15, 0.2) is 5.82 Å². The Morgan fingerprint density at radius 1 is 1.35 bits per heavy atom. The van der Waals surface area contributed by atoms with Crippen molar-refractivity contribution in [1.82, 2.24) is 34.8 Å². The molecule has 1 fully saturated rings. The Bertz CT molecular complexity index is 617. The van der Waals surface area contributed by atoms with Crippen molar-refractivity contribution < 1.29 is 9.32 Å². The number of imidazole rings is 1. The highest BCUT2D eigenvalue weighted by atomic mass is 16.5. The quantitative estimate of drug-likeness (QED) is 0.840. The molecule has 23 heavy (non-hydrogen) atoms. The van der Waals surface area contributed by atoms with Crippen molar-refractivity contribution in [3.8, 4) is 0 Å². The molecule has 124 valence electrons. The van der Waals surface area contributed by atoms with Gasteiger partial charge in [-0.25, -0.2) is 9.78 Å². The molecule has 2 aromatic heterocycles. The van der Waals surface area contributed by atoms with E-state index in [1.54, 1.807) is 19.4 Å². The van der Waals surface area contributed by atoms with Gasteiger partial charge >= 0.3 is 6.03 Å². The zero-order valence-corrected chi connectivity index (χ0v) is 13.2. The molecule has 1 aliphatic rings. The topological polar surface area (TPSA) is 92.3 Å². The molecular weight excluding hydrogens is 298 g/mol. The Morgan fingerprint density at radius 2 is 2.17 bits per heavy atom. The second-order valence-corrected chi connectivity index (χ2v) is 5.53. The van der Waals surface area contributed by atoms with Crippen LogP contribution >= 0.6 is 0 Å². The Morgan fingerprint density at radius 3 is 2.83 bits per heavy atom. The van der Waals surface area contributed by atoms with Gasteiger partial charge in [-0.2, -0.15) is 4.98 Å². The molecule has 0 bridgehead atoms. The summed E-state index contributed by atoms with van der Waals surface area (Å²) in [5, 5.41) is 6.84. The second kappa shape index (κ2) is 7.23. The zero-order chi connectivity index (χ0) is 16.1. The van der Waals surface area contributed by atoms with E-state index >= 15 is 0 Å². The third-order valence-electron chi connectivity index (χ3n) is 3.80. The summed E-state index contributed by atoms with van der Waals surface area (Å²) in [6, 6.07) is -0.0137. The Kier molecular flexibility index (Phi) is 4.86. The Balaban J connectivity index is 1.37. The molecule has 0 aliphatic carbocycles. The molecule has 2 amide bonds. The minimum absolute atomic E-state index is 0.0137. The van der Waals surface area contributed by atoms with E-state index in [1.807, 2.05) is 15.7 Å². The van der Waals surface area contributed by atoms with Gasteiger partial charge in [0.25, 0.3) is 0 Å². The van der Waals surface area contributed by atoms with Crippen LogP contribution < -0.4 is 5.32 Å². The minimum atomic E-state index is -0.0137. The van der Waals surface area contributed by atoms with E-state index in [2.05, 4.69) is 25.3 Å². The van der Waals surface area contributed by atoms with Gasteiger partial charge in [-0.05, 0) is 0 Å². The highest BCUT2D eigenvalue weighted by molar-refractivity contribution is 5.74. The van der Waals surface area contributed by atoms with E-state index in [1.165, 1.54) is 0 Å². The normalized spacial score (nSPS) is 15.8. The molecule has 1 aliphatic heterocycles. The third-order valence-corrected chi connectivity index (χ3v) is 3.80. The maximum Gasteiger partial charge on any atom is 0.317 e. The molecule has 9 nitrogen and oxygen atoms in total. The molecule has 2 aromatic rings. The molecule has 1 N–H and O–H groups in total. The molecule has 0 atom stereocenters. The number of amides is 2. The van der Waals surface area contributed by atoms with Crippen LogP contribution in [-0.2, 0) is 13.1 Å². The molecule has 3 heterocycles. The van der Waals surface area contributed by atoms with E-state index in [0.717, 1.165) is 19.6 Å². The molecule has 0 unspecified atom stereocenters. The van der Waals surface area contributed by atoms with Crippen LogP contribution in [0.5, 0.6) is 0 Å². The molecular formula is C14H21N7O2. The van der Waals surface area contributed by atoms with Crippen LogP contribution in [0, 0.1) is 6.92 Å². The van der Waals surface area contributed by atoms with E-state index in [0.29, 0.717) is 37.9 Å². The number of piperazine rings is 1. The number of aromatic nitrogens is 4. The number of nitrogens with zero attached hydrogens (tertiary/aromatic N) is 6. The van der Waals surface area contributed by atoms with Crippen molar-refractivity contribution in [2.24, 2.45) is 0 Å². The average molecular weight is 319 g/mol. The highest BCUT2D eigenvalue weighted by Gasteiger charge is 2.21. The summed E-state index contributed by atoms with van der Waals surface area (Å²) < 4.78 is 6.91. The minimum Gasteiger partial charge on any atom is -0.340 e. The van der Waals surface area contributed by atoms with Crippen LogP contribution in [0.1, 0.15) is 11.7 Å². The standard InChI is InChI=1S/C14H21N7O2/c1-12-17-13(18-23-12)10-19-6-8-21(9-7-19)14(22)16-3-5-20-4-2-15-11-20/h2,4,11H,3,5-10H2,1H3,(H,16,22). The van der Waals surface area contributed by atoms with E-state index in [-0.39, 0.29) is 6.03 Å². The smallest absolute Gasteiger partial charge is 0.317 e. The van der Waals surface area contributed by atoms with Gasteiger partial charge in [0.05, 0.1) is 12.9 Å². The number of aryl methyl sites for hydroxylation is 1. The predicted octanol–water partition coefficient (Wildman–Crippen LogP) is 0.102. The number of hydrogen-bond acceptors (Lipinski definition) is 6. The summed E-state index contributed by atoms with van der Waals surface area (Å²) in [4.78, 5) is 24.4. The van der Waals surface area contributed by atoms with Crippen molar-refractivity contribution >= 4 is 6.03 Å². The van der Waals surface area contributed by atoms with E-state index in [4.69, 9.17) is 4.52 Å². The fourth-order valence-electron chi connectivity index (χ4n) is 2.54. The third kappa shape index (κ3) is 4.28. The first-order chi connectivity index (χ1) is 11.2. The largest absolute Gasteiger partial charge is 0.340 e. The van der Waals surface area contributed by atoms with Crippen LogP contribution in [0.15, 0.2) is 23.2 Å². The molecule has 0 radical (unpaired) electrons. The van der Waals surface area contributed by atoms with Crippen LogP contribution in [0.3, 0.4) is 0 Å². The molecule has 1 saturated heterocycles. The van der Waals surface area contributed by atoms with E-state index in [9.17, 15) is 4.79 Å². The summed E-state index contributed by atoms with van der Waals surface area (Å²) in [6.45, 7) is 6.78. The summed E-state index contributed by atoms with van der Waals surface area (Å²) in [5.74, 6) is 1.27. The van der Waals surface area contributed by atoms with Gasteiger partial charge in [-0.15, -0.1) is 0 Å². The molecule has 9 heteroatoms. The van der Waals surface area contributed by atoms with Crippen molar-refractivity contribution in [3.05, 3.63) is 30.4 Å². The lowest BCUT2D eigenvalue weighted by Crippen LogP contribution is -2.51. The maximum atomic E-state index is 12.1. The highest BCUT2D eigenvalue weighted by Crippen LogP contribution is 2.06. The van der Waals surface area contributed by atoms with Crippen LogP contribution in [0.25, 0.3) is 0 Å². The van der Waals surface area contributed by atoms with Crippen LogP contribution in [-0.4, -0.2) is 68.2 Å². The van der Waals surface area contributed by atoms with Gasteiger partial charge in [-0.3, -0.25) is 4.90 Å². The fraction of sp³-hybridized carbons (Fsp3) is 0.571. The van der Waals surface area contributed by atoms with E-state index < -0.39 is 0 Å². The van der Waals surface area contributed by atoms with Crippen molar-refractivity contribution in [2.45, 2.75) is 20.0 Å². The number of rotatable bonds is 5. The lowest BCUT2D eigenvalue weighted by atomic mass is 10.3. The first-order valence-corrected chi connectivity index (χ1v) is 7.71. The van der Waals surface area contributed by atoms with Gasteiger partial charge in [-0.1, -0.05) is 5.16 Å². The Labute approximate surface area is 134 Å². The number of hydrogen-bond donors (Lipinski definition) is 1. The SMILES string of the molecule is Cc1nc(CN2CCN(C(=O)NCCn3ccnc3)CC2)no1. The molecule has 0 saturated carbocycles. The maximum absolute atomic E-state index is 12.1. The zero-order valence-electron chi connectivity index (χ0n) is 13.2. The number of urea groups is 1. The molecule has 3 rings (SSSR count). The number of nitrogens with one attached hydrogen (secondary N) is 1. The summed E-state index contributed by atoms with van der Waals surface area (Å²) in [7, 11) is 0. The van der Waals surface area contributed by atoms with Crippen LogP contribution in [0.4, 0.5) is 4.79 Å². The van der Waals surface area contributed by atoms with Crippen LogP contribution in [0.2, 0.25) is 0 Å². The van der Waals surface area contributed by atoms with Gasteiger partial charge in [0, 0.05) is 58.6 Å². The monoisotopic (exact) mass is 319 g/mol. The average Bonchev–Trinajstić information content (AvgIpc) is 3.20. The number of carbonyl (C=O) groups is 1. The lowest BCUT2D eigenvalue weighted by Gasteiger charge is -2.34. The van der Waals surface area contributed by atoms with Crippen molar-refractivity contribution in [1.29, 1.82) is 0 Å². The summed E-state index contributed by atoms with van der Waals surface area (Å²) in [6.07, 6.45) is 5.35. The van der Waals surface area contributed by atoms with Gasteiger partial charge < -0.3 is 19.3 Å². The van der Waals surface area contributed by atoms with Gasteiger partial charge in [0.2, 0.25) is 5.89 Å². The van der Waals surface area contributed by atoms with Crippen molar-refractivity contribution in [3.63, 3.8) is 0 Å². The van der Waals surface area contributed by atoms with Crippen molar-refractivity contribution in [2.75, 3.05) is 32.7 Å². The lowest BCUT2D eigenvalue weighted by molar-refractivity contribution is 0.132. The molecule has 0 aromatic carbocycles. The predicted molar refractivity (Wildman–Crippen MR) is 81.5 cm³/mol. The fourth-order valence-corrected chi connectivity index (χ4v) is 2.54. The summed E-state index contributed by atoms with van der Waals surface area (Å²) >= 11 is 0. The second-order valence-electron chi connectivity index (χ2n) is 5.53. The Hall–Kier alpha value is -2.42. The first kappa shape index (κ1) is 15.5. The van der Waals surface area contributed by atoms with Gasteiger partial charge in [0.1, 0.15) is 0 Å². The number of carbonyl (C=O) groups excluding carboxylic acids is 1. The summed E-state index contributed by atoms with van der Waals surface area (Å²) in [5.41, 5.74) is 0. The molecule has 0 spiro atoms.